The predicted molar refractivity (Wildman–Crippen MR) is 60.7 cm³/mol. The molecule has 0 fully saturated rings. The lowest BCUT2D eigenvalue weighted by atomic mass is 10.2. The second kappa shape index (κ2) is 5.88. The van der Waals surface area contributed by atoms with Crippen molar-refractivity contribution < 1.29 is 5.11 Å². The largest absolute Gasteiger partial charge is 0.395 e. The molecular formula is C11H21N3O. The number of aryl methyl sites for hydroxylation is 2. The molecule has 1 aromatic rings. The monoisotopic (exact) mass is 211 g/mol. The zero-order chi connectivity index (χ0) is 11.3. The van der Waals surface area contributed by atoms with E-state index < -0.39 is 0 Å². The van der Waals surface area contributed by atoms with Crippen molar-refractivity contribution in [1.29, 1.82) is 0 Å². The molecule has 0 aliphatic heterocycles. The Kier molecular flexibility index (Phi) is 4.78. The number of aliphatic hydroxyl groups excluding tert-OH is 1. The number of hydrogen-bond acceptors (Lipinski definition) is 3. The van der Waals surface area contributed by atoms with Crippen LogP contribution < -0.4 is 5.32 Å². The van der Waals surface area contributed by atoms with E-state index in [0.717, 1.165) is 18.7 Å². The van der Waals surface area contributed by atoms with Gasteiger partial charge in [-0.2, -0.15) is 5.10 Å². The summed E-state index contributed by atoms with van der Waals surface area (Å²) in [6, 6.07) is 2.55. The average molecular weight is 211 g/mol. The highest BCUT2D eigenvalue weighted by atomic mass is 16.3. The van der Waals surface area contributed by atoms with Crippen LogP contribution in [0.1, 0.15) is 26.0 Å². The SMILES string of the molecule is Cc1ccnn1CCC(CO)NC(C)C. The Labute approximate surface area is 91.3 Å². The smallest absolute Gasteiger partial charge is 0.0585 e. The third-order valence-corrected chi connectivity index (χ3v) is 2.41. The van der Waals surface area contributed by atoms with Gasteiger partial charge in [0.2, 0.25) is 0 Å². The van der Waals surface area contributed by atoms with Crippen molar-refractivity contribution in [2.75, 3.05) is 6.61 Å². The van der Waals surface area contributed by atoms with E-state index in [2.05, 4.69) is 24.3 Å². The van der Waals surface area contributed by atoms with Crippen molar-refractivity contribution in [3.63, 3.8) is 0 Å². The lowest BCUT2D eigenvalue weighted by Crippen LogP contribution is -2.38. The van der Waals surface area contributed by atoms with Crippen LogP contribution in [0.4, 0.5) is 0 Å². The zero-order valence-corrected chi connectivity index (χ0v) is 9.77. The molecule has 1 atom stereocenters. The van der Waals surface area contributed by atoms with Gasteiger partial charge in [-0.25, -0.2) is 0 Å². The quantitative estimate of drug-likeness (QED) is 0.736. The number of aromatic nitrogens is 2. The molecule has 0 aliphatic carbocycles. The minimum Gasteiger partial charge on any atom is -0.395 e. The van der Waals surface area contributed by atoms with Crippen molar-refractivity contribution in [3.8, 4) is 0 Å². The molecule has 1 aromatic heterocycles. The normalized spacial score (nSPS) is 13.4. The minimum atomic E-state index is 0.161. The van der Waals surface area contributed by atoms with E-state index in [1.165, 1.54) is 0 Å². The summed E-state index contributed by atoms with van der Waals surface area (Å²) in [7, 11) is 0. The molecule has 0 saturated carbocycles. The molecule has 0 bridgehead atoms. The van der Waals surface area contributed by atoms with Gasteiger partial charge >= 0.3 is 0 Å². The van der Waals surface area contributed by atoms with Crippen LogP contribution in [-0.2, 0) is 6.54 Å². The van der Waals surface area contributed by atoms with Gasteiger partial charge in [0, 0.05) is 30.5 Å². The molecule has 1 unspecified atom stereocenters. The number of rotatable bonds is 6. The molecule has 86 valence electrons. The average Bonchev–Trinajstić information content (AvgIpc) is 2.58. The Hall–Kier alpha value is -0.870. The topological polar surface area (TPSA) is 50.1 Å². The first kappa shape index (κ1) is 12.2. The summed E-state index contributed by atoms with van der Waals surface area (Å²) >= 11 is 0. The Bertz CT molecular complexity index is 283. The molecule has 4 nitrogen and oxygen atoms in total. The van der Waals surface area contributed by atoms with E-state index in [4.69, 9.17) is 0 Å². The lowest BCUT2D eigenvalue weighted by Gasteiger charge is -2.19. The number of nitrogens with zero attached hydrogens (tertiary/aromatic N) is 2. The second-order valence-corrected chi connectivity index (χ2v) is 4.19. The first-order valence-electron chi connectivity index (χ1n) is 5.48. The first-order chi connectivity index (χ1) is 7.13. The zero-order valence-electron chi connectivity index (χ0n) is 9.77. The second-order valence-electron chi connectivity index (χ2n) is 4.19. The van der Waals surface area contributed by atoms with Crippen LogP contribution in [0.5, 0.6) is 0 Å². The van der Waals surface area contributed by atoms with Gasteiger partial charge in [0.05, 0.1) is 6.61 Å². The third kappa shape index (κ3) is 4.01. The Morgan fingerprint density at radius 1 is 1.53 bits per heavy atom. The van der Waals surface area contributed by atoms with Crippen molar-refractivity contribution in [3.05, 3.63) is 18.0 Å². The van der Waals surface area contributed by atoms with Gasteiger partial charge in [0.1, 0.15) is 0 Å². The van der Waals surface area contributed by atoms with Gasteiger partial charge in [-0.3, -0.25) is 4.68 Å². The van der Waals surface area contributed by atoms with Crippen molar-refractivity contribution in [1.82, 2.24) is 15.1 Å². The Morgan fingerprint density at radius 2 is 2.27 bits per heavy atom. The summed E-state index contributed by atoms with van der Waals surface area (Å²) < 4.78 is 1.96. The summed E-state index contributed by atoms with van der Waals surface area (Å²) in [4.78, 5) is 0. The van der Waals surface area contributed by atoms with Gasteiger partial charge in [-0.05, 0) is 19.4 Å². The van der Waals surface area contributed by atoms with Crippen molar-refractivity contribution in [2.24, 2.45) is 0 Å². The predicted octanol–water partition coefficient (Wildman–Crippen LogP) is 0.941. The number of hydrogen-bond donors (Lipinski definition) is 2. The summed E-state index contributed by atoms with van der Waals surface area (Å²) in [5.41, 5.74) is 1.16. The third-order valence-electron chi connectivity index (χ3n) is 2.41. The molecule has 0 aliphatic rings. The lowest BCUT2D eigenvalue weighted by molar-refractivity contribution is 0.222. The molecule has 0 saturated heterocycles. The van der Waals surface area contributed by atoms with Crippen molar-refractivity contribution >= 4 is 0 Å². The Morgan fingerprint density at radius 3 is 2.73 bits per heavy atom. The highest BCUT2D eigenvalue weighted by Crippen LogP contribution is 2.01. The fourth-order valence-electron chi connectivity index (χ4n) is 1.61. The fraction of sp³-hybridized carbons (Fsp3) is 0.727. The van der Waals surface area contributed by atoms with Crippen LogP contribution in [0.15, 0.2) is 12.3 Å². The van der Waals surface area contributed by atoms with Crippen LogP contribution in [0.3, 0.4) is 0 Å². The molecule has 4 heteroatoms. The van der Waals surface area contributed by atoms with Crippen LogP contribution in [0.2, 0.25) is 0 Å². The molecular weight excluding hydrogens is 190 g/mol. The van der Waals surface area contributed by atoms with E-state index in [1.54, 1.807) is 6.20 Å². The van der Waals surface area contributed by atoms with Gasteiger partial charge in [0.15, 0.2) is 0 Å². The summed E-state index contributed by atoms with van der Waals surface area (Å²) in [5, 5.41) is 16.7. The molecule has 1 rings (SSSR count). The summed E-state index contributed by atoms with van der Waals surface area (Å²) in [6.07, 6.45) is 2.70. The maximum Gasteiger partial charge on any atom is 0.0585 e. The van der Waals surface area contributed by atoms with Crippen LogP contribution >= 0.6 is 0 Å². The van der Waals surface area contributed by atoms with E-state index in [1.807, 2.05) is 17.7 Å². The van der Waals surface area contributed by atoms with Gasteiger partial charge in [0.25, 0.3) is 0 Å². The van der Waals surface area contributed by atoms with Gasteiger partial charge < -0.3 is 10.4 Å². The number of nitrogens with one attached hydrogen (secondary N) is 1. The Balaban J connectivity index is 2.37. The summed E-state index contributed by atoms with van der Waals surface area (Å²) in [5.74, 6) is 0. The summed E-state index contributed by atoms with van der Waals surface area (Å²) in [6.45, 7) is 7.24. The van der Waals surface area contributed by atoms with Crippen molar-refractivity contribution in [2.45, 2.75) is 45.8 Å². The molecule has 2 N–H and O–H groups in total. The molecule has 0 amide bonds. The maximum absolute atomic E-state index is 9.18. The van der Waals surface area contributed by atoms with Crippen LogP contribution in [-0.4, -0.2) is 33.6 Å². The highest BCUT2D eigenvalue weighted by Gasteiger charge is 2.09. The van der Waals surface area contributed by atoms with E-state index in [0.29, 0.717) is 6.04 Å². The van der Waals surface area contributed by atoms with Gasteiger partial charge in [-0.1, -0.05) is 13.8 Å². The standard InChI is InChI=1S/C11H21N3O/c1-9(2)13-11(8-15)5-7-14-10(3)4-6-12-14/h4,6,9,11,13,15H,5,7-8H2,1-3H3. The van der Waals surface area contributed by atoms with E-state index in [9.17, 15) is 5.11 Å². The molecule has 1 heterocycles. The molecule has 15 heavy (non-hydrogen) atoms. The molecule has 0 aromatic carbocycles. The molecule has 0 radical (unpaired) electrons. The van der Waals surface area contributed by atoms with Crippen LogP contribution in [0.25, 0.3) is 0 Å². The minimum absolute atomic E-state index is 0.161. The highest BCUT2D eigenvalue weighted by molar-refractivity contribution is 4.96. The van der Waals surface area contributed by atoms with E-state index in [-0.39, 0.29) is 12.6 Å². The first-order valence-corrected chi connectivity index (χ1v) is 5.48. The molecule has 0 spiro atoms. The van der Waals surface area contributed by atoms with Gasteiger partial charge in [-0.15, -0.1) is 0 Å². The van der Waals surface area contributed by atoms with Crippen LogP contribution in [0, 0.1) is 6.92 Å². The van der Waals surface area contributed by atoms with E-state index >= 15 is 0 Å². The number of aliphatic hydroxyl groups is 1. The fourth-order valence-corrected chi connectivity index (χ4v) is 1.61. The maximum atomic E-state index is 9.18.